The molecule has 4 nitrogen and oxygen atoms in total. The molecule has 17 heavy (non-hydrogen) atoms. The van der Waals surface area contributed by atoms with Gasteiger partial charge >= 0.3 is 5.97 Å². The summed E-state index contributed by atoms with van der Waals surface area (Å²) in [4.78, 5) is 17.6. The first-order chi connectivity index (χ1) is 7.99. The minimum absolute atomic E-state index is 0.286. The van der Waals surface area contributed by atoms with Crippen molar-refractivity contribution >= 4 is 11.8 Å². The van der Waals surface area contributed by atoms with E-state index in [1.54, 1.807) is 13.0 Å². The number of hydrogen-bond donors (Lipinski definition) is 1. The number of aromatic carboxylic acids is 1. The Balaban J connectivity index is 2.29. The van der Waals surface area contributed by atoms with Gasteiger partial charge in [0.2, 0.25) is 0 Å². The van der Waals surface area contributed by atoms with Crippen molar-refractivity contribution in [1.29, 1.82) is 0 Å². The fourth-order valence-corrected chi connectivity index (χ4v) is 2.55. The molecule has 1 aromatic heterocycles. The minimum atomic E-state index is -0.913. The lowest BCUT2D eigenvalue weighted by Crippen LogP contribution is -2.27. The van der Waals surface area contributed by atoms with Gasteiger partial charge in [0.1, 0.15) is 5.82 Å². The Kier molecular flexibility index (Phi) is 3.05. The quantitative estimate of drug-likeness (QED) is 0.853. The van der Waals surface area contributed by atoms with Gasteiger partial charge in [0.05, 0.1) is 11.3 Å². The summed E-state index contributed by atoms with van der Waals surface area (Å²) in [5, 5.41) is 8.96. The first-order valence-electron chi connectivity index (χ1n) is 5.96. The molecule has 2 heterocycles. The topological polar surface area (TPSA) is 53.4 Å². The first-order valence-corrected chi connectivity index (χ1v) is 5.96. The zero-order valence-electron chi connectivity index (χ0n) is 10.5. The van der Waals surface area contributed by atoms with Crippen LogP contribution in [0.4, 0.5) is 5.82 Å². The van der Waals surface area contributed by atoms with Gasteiger partial charge in [-0.1, -0.05) is 6.92 Å². The van der Waals surface area contributed by atoms with Crippen molar-refractivity contribution in [3.63, 3.8) is 0 Å². The van der Waals surface area contributed by atoms with Gasteiger partial charge in [0, 0.05) is 12.6 Å². The van der Waals surface area contributed by atoms with E-state index in [-0.39, 0.29) is 5.56 Å². The summed E-state index contributed by atoms with van der Waals surface area (Å²) in [5.41, 5.74) is 0.871. The average molecular weight is 234 g/mol. The predicted octanol–water partition coefficient (Wildman–Crippen LogP) is 2.32. The second-order valence-corrected chi connectivity index (χ2v) is 4.95. The number of nitrogens with zero attached hydrogens (tertiary/aromatic N) is 2. The lowest BCUT2D eigenvalue weighted by Gasteiger charge is -2.23. The van der Waals surface area contributed by atoms with Gasteiger partial charge in [-0.25, -0.2) is 9.78 Å². The molecular formula is C13H18N2O2. The highest BCUT2D eigenvalue weighted by Crippen LogP contribution is 2.27. The summed E-state index contributed by atoms with van der Waals surface area (Å²) in [6.45, 7) is 7.16. The maximum Gasteiger partial charge on any atom is 0.337 e. The smallest absolute Gasteiger partial charge is 0.337 e. The van der Waals surface area contributed by atoms with Crippen molar-refractivity contribution in [3.8, 4) is 0 Å². The molecule has 1 aliphatic heterocycles. The van der Waals surface area contributed by atoms with E-state index in [0.29, 0.717) is 17.7 Å². The Morgan fingerprint density at radius 1 is 1.47 bits per heavy atom. The lowest BCUT2D eigenvalue weighted by atomic mass is 10.1. The van der Waals surface area contributed by atoms with Crippen molar-refractivity contribution < 1.29 is 9.90 Å². The van der Waals surface area contributed by atoms with Gasteiger partial charge < -0.3 is 10.0 Å². The number of pyridine rings is 1. The van der Waals surface area contributed by atoms with E-state index in [1.807, 2.05) is 6.07 Å². The zero-order chi connectivity index (χ0) is 12.6. The molecule has 0 radical (unpaired) electrons. The molecule has 1 aliphatic rings. The minimum Gasteiger partial charge on any atom is -0.478 e. The summed E-state index contributed by atoms with van der Waals surface area (Å²) in [6.07, 6.45) is 1.17. The molecule has 0 amide bonds. The second kappa shape index (κ2) is 4.35. The van der Waals surface area contributed by atoms with Crippen LogP contribution in [-0.4, -0.2) is 28.6 Å². The fraction of sp³-hybridized carbons (Fsp3) is 0.538. The standard InChI is InChI=1S/C13H18N2O2/c1-8-6-9(2)15(7-8)12-5-4-11(13(16)17)10(3)14-12/h4-5,8-9H,6-7H2,1-3H3,(H,16,17). The maximum absolute atomic E-state index is 10.9. The molecule has 0 bridgehead atoms. The van der Waals surface area contributed by atoms with Crippen molar-refractivity contribution in [2.24, 2.45) is 5.92 Å². The molecule has 0 aromatic carbocycles. The van der Waals surface area contributed by atoms with Crippen molar-refractivity contribution in [1.82, 2.24) is 4.98 Å². The first kappa shape index (κ1) is 11.9. The average Bonchev–Trinajstić information content (AvgIpc) is 2.57. The molecule has 0 aliphatic carbocycles. The van der Waals surface area contributed by atoms with Crippen LogP contribution in [0.3, 0.4) is 0 Å². The number of carbonyl (C=O) groups is 1. The fourth-order valence-electron chi connectivity index (χ4n) is 2.55. The highest BCUT2D eigenvalue weighted by molar-refractivity contribution is 5.89. The molecule has 1 fully saturated rings. The van der Waals surface area contributed by atoms with Crippen LogP contribution in [0.2, 0.25) is 0 Å². The molecule has 1 aromatic rings. The van der Waals surface area contributed by atoms with E-state index in [2.05, 4.69) is 23.7 Å². The van der Waals surface area contributed by atoms with Gasteiger partial charge in [-0.05, 0) is 38.3 Å². The molecule has 2 rings (SSSR count). The zero-order valence-corrected chi connectivity index (χ0v) is 10.5. The number of anilines is 1. The number of aromatic nitrogens is 1. The summed E-state index contributed by atoms with van der Waals surface area (Å²) in [7, 11) is 0. The van der Waals surface area contributed by atoms with E-state index >= 15 is 0 Å². The Hall–Kier alpha value is -1.58. The second-order valence-electron chi connectivity index (χ2n) is 4.95. The van der Waals surface area contributed by atoms with Gasteiger partial charge in [-0.2, -0.15) is 0 Å². The largest absolute Gasteiger partial charge is 0.478 e. The Morgan fingerprint density at radius 2 is 2.18 bits per heavy atom. The van der Waals surface area contributed by atoms with E-state index in [0.717, 1.165) is 12.4 Å². The number of carboxylic acids is 1. The third-order valence-corrected chi connectivity index (χ3v) is 3.38. The SMILES string of the molecule is Cc1nc(N2CC(C)CC2C)ccc1C(=O)O. The van der Waals surface area contributed by atoms with Gasteiger partial charge in [0.15, 0.2) is 0 Å². The van der Waals surface area contributed by atoms with Crippen LogP contribution >= 0.6 is 0 Å². The normalized spacial score (nSPS) is 24.1. The number of aryl methyl sites for hydroxylation is 1. The molecule has 2 unspecified atom stereocenters. The van der Waals surface area contributed by atoms with Crippen molar-refractivity contribution in [3.05, 3.63) is 23.4 Å². The number of rotatable bonds is 2. The van der Waals surface area contributed by atoms with E-state index < -0.39 is 5.97 Å². The highest BCUT2D eigenvalue weighted by atomic mass is 16.4. The molecule has 0 spiro atoms. The summed E-state index contributed by atoms with van der Waals surface area (Å²) >= 11 is 0. The van der Waals surface area contributed by atoms with Crippen LogP contribution in [0.15, 0.2) is 12.1 Å². The summed E-state index contributed by atoms with van der Waals surface area (Å²) < 4.78 is 0. The van der Waals surface area contributed by atoms with Gasteiger partial charge in [-0.15, -0.1) is 0 Å². The predicted molar refractivity (Wildman–Crippen MR) is 66.5 cm³/mol. The molecule has 4 heteroatoms. The molecule has 2 atom stereocenters. The van der Waals surface area contributed by atoms with Crippen LogP contribution in [0.1, 0.15) is 36.3 Å². The van der Waals surface area contributed by atoms with Crippen molar-refractivity contribution in [2.45, 2.75) is 33.2 Å². The van der Waals surface area contributed by atoms with Crippen LogP contribution in [0.25, 0.3) is 0 Å². The Morgan fingerprint density at radius 3 is 2.65 bits per heavy atom. The van der Waals surface area contributed by atoms with Gasteiger partial charge in [0.25, 0.3) is 0 Å². The Bertz CT molecular complexity index is 445. The van der Waals surface area contributed by atoms with Crippen LogP contribution in [0.5, 0.6) is 0 Å². The number of hydrogen-bond acceptors (Lipinski definition) is 3. The van der Waals surface area contributed by atoms with E-state index in [4.69, 9.17) is 5.11 Å². The van der Waals surface area contributed by atoms with E-state index in [1.165, 1.54) is 6.42 Å². The molecule has 1 saturated heterocycles. The monoisotopic (exact) mass is 234 g/mol. The Labute approximate surface area is 101 Å². The lowest BCUT2D eigenvalue weighted by molar-refractivity contribution is 0.0695. The molecule has 0 saturated carbocycles. The van der Waals surface area contributed by atoms with Crippen LogP contribution in [0, 0.1) is 12.8 Å². The highest BCUT2D eigenvalue weighted by Gasteiger charge is 2.27. The van der Waals surface area contributed by atoms with Crippen molar-refractivity contribution in [2.75, 3.05) is 11.4 Å². The summed E-state index contributed by atoms with van der Waals surface area (Å²) in [5.74, 6) is 0.653. The molecular weight excluding hydrogens is 216 g/mol. The van der Waals surface area contributed by atoms with Gasteiger partial charge in [-0.3, -0.25) is 0 Å². The maximum atomic E-state index is 10.9. The number of carboxylic acid groups (broad SMARTS) is 1. The van der Waals surface area contributed by atoms with Crippen LogP contribution < -0.4 is 4.90 Å². The third-order valence-electron chi connectivity index (χ3n) is 3.38. The van der Waals surface area contributed by atoms with E-state index in [9.17, 15) is 4.79 Å². The third kappa shape index (κ3) is 2.25. The van der Waals surface area contributed by atoms with Crippen LogP contribution in [-0.2, 0) is 0 Å². The molecule has 1 N–H and O–H groups in total. The summed E-state index contributed by atoms with van der Waals surface area (Å²) in [6, 6.07) is 3.94. The molecule has 92 valence electrons.